The van der Waals surface area contributed by atoms with Crippen LogP contribution in [-0.4, -0.2) is 30.4 Å². The summed E-state index contributed by atoms with van der Waals surface area (Å²) < 4.78 is 0. The molecule has 0 bridgehead atoms. The van der Waals surface area contributed by atoms with Crippen molar-refractivity contribution in [3.05, 3.63) is 29.8 Å². The standard InChI is InChI=1S/C15H25N3O/c1-4-13(5-2)17-15(19)11-18(3)10-12-8-6-7-9-14(12)16/h6-9,13H,4-5,10-11,16H2,1-3H3,(H,17,19). The molecule has 4 heteroatoms. The minimum atomic E-state index is 0.0747. The van der Waals surface area contributed by atoms with Gasteiger partial charge in [-0.25, -0.2) is 0 Å². The molecule has 0 heterocycles. The number of amides is 1. The monoisotopic (exact) mass is 263 g/mol. The molecule has 0 aliphatic carbocycles. The number of anilines is 1. The van der Waals surface area contributed by atoms with Gasteiger partial charge in [-0.3, -0.25) is 9.69 Å². The number of carbonyl (C=O) groups is 1. The summed E-state index contributed by atoms with van der Waals surface area (Å²) in [5, 5.41) is 3.04. The second-order valence-corrected chi connectivity index (χ2v) is 4.95. The van der Waals surface area contributed by atoms with Gasteiger partial charge < -0.3 is 11.1 Å². The topological polar surface area (TPSA) is 58.4 Å². The van der Waals surface area contributed by atoms with Crippen LogP contribution in [0.25, 0.3) is 0 Å². The van der Waals surface area contributed by atoms with Crippen molar-refractivity contribution < 1.29 is 4.79 Å². The van der Waals surface area contributed by atoms with E-state index in [4.69, 9.17) is 5.73 Å². The highest BCUT2D eigenvalue weighted by Gasteiger charge is 2.11. The summed E-state index contributed by atoms with van der Waals surface area (Å²) in [6.07, 6.45) is 1.94. The minimum Gasteiger partial charge on any atom is -0.398 e. The molecule has 1 aromatic rings. The Morgan fingerprint density at radius 1 is 1.32 bits per heavy atom. The zero-order valence-corrected chi connectivity index (χ0v) is 12.1. The van der Waals surface area contributed by atoms with Crippen molar-refractivity contribution in [1.29, 1.82) is 0 Å². The third-order valence-electron chi connectivity index (χ3n) is 3.26. The van der Waals surface area contributed by atoms with Gasteiger partial charge in [0.1, 0.15) is 0 Å². The summed E-state index contributed by atoms with van der Waals surface area (Å²) in [5.41, 5.74) is 7.73. The molecular formula is C15H25N3O. The van der Waals surface area contributed by atoms with E-state index in [-0.39, 0.29) is 11.9 Å². The fraction of sp³-hybridized carbons (Fsp3) is 0.533. The molecule has 0 aliphatic heterocycles. The third kappa shape index (κ3) is 5.30. The smallest absolute Gasteiger partial charge is 0.234 e. The lowest BCUT2D eigenvalue weighted by Gasteiger charge is -2.20. The van der Waals surface area contributed by atoms with E-state index in [0.717, 1.165) is 24.1 Å². The van der Waals surface area contributed by atoms with Crippen molar-refractivity contribution in [1.82, 2.24) is 10.2 Å². The molecule has 1 amide bonds. The number of benzene rings is 1. The molecule has 0 saturated heterocycles. The van der Waals surface area contributed by atoms with Gasteiger partial charge in [0.2, 0.25) is 5.91 Å². The van der Waals surface area contributed by atoms with Gasteiger partial charge in [-0.1, -0.05) is 32.0 Å². The second kappa shape index (κ2) is 7.79. The van der Waals surface area contributed by atoms with Crippen LogP contribution in [-0.2, 0) is 11.3 Å². The van der Waals surface area contributed by atoms with Gasteiger partial charge in [0, 0.05) is 18.3 Å². The molecule has 4 nitrogen and oxygen atoms in total. The van der Waals surface area contributed by atoms with Gasteiger partial charge in [-0.05, 0) is 31.5 Å². The lowest BCUT2D eigenvalue weighted by atomic mass is 10.1. The van der Waals surface area contributed by atoms with E-state index < -0.39 is 0 Å². The second-order valence-electron chi connectivity index (χ2n) is 4.95. The number of likely N-dealkylation sites (N-methyl/N-ethyl adjacent to an activating group) is 1. The normalized spacial score (nSPS) is 11.0. The van der Waals surface area contributed by atoms with Crippen molar-refractivity contribution in [2.45, 2.75) is 39.3 Å². The van der Waals surface area contributed by atoms with E-state index in [1.165, 1.54) is 0 Å². The van der Waals surface area contributed by atoms with E-state index in [9.17, 15) is 4.79 Å². The lowest BCUT2D eigenvalue weighted by molar-refractivity contribution is -0.122. The summed E-state index contributed by atoms with van der Waals surface area (Å²) in [7, 11) is 1.93. The molecule has 0 saturated carbocycles. The van der Waals surface area contributed by atoms with Crippen LogP contribution >= 0.6 is 0 Å². The van der Waals surface area contributed by atoms with Gasteiger partial charge in [0.15, 0.2) is 0 Å². The molecule has 0 radical (unpaired) electrons. The lowest BCUT2D eigenvalue weighted by Crippen LogP contribution is -2.40. The first-order valence-corrected chi connectivity index (χ1v) is 6.88. The number of carbonyl (C=O) groups excluding carboxylic acids is 1. The highest BCUT2D eigenvalue weighted by molar-refractivity contribution is 5.78. The number of nitrogen functional groups attached to an aromatic ring is 1. The summed E-state index contributed by atoms with van der Waals surface area (Å²) in [6.45, 7) is 5.25. The molecular weight excluding hydrogens is 238 g/mol. The summed E-state index contributed by atoms with van der Waals surface area (Å²) in [4.78, 5) is 13.8. The Hall–Kier alpha value is -1.55. The highest BCUT2D eigenvalue weighted by atomic mass is 16.2. The first-order valence-electron chi connectivity index (χ1n) is 6.88. The van der Waals surface area contributed by atoms with Crippen molar-refractivity contribution >= 4 is 11.6 Å². The summed E-state index contributed by atoms with van der Waals surface area (Å²) in [6, 6.07) is 8.03. The Morgan fingerprint density at radius 3 is 2.53 bits per heavy atom. The van der Waals surface area contributed by atoms with Crippen LogP contribution in [0, 0.1) is 0 Å². The van der Waals surface area contributed by atoms with Gasteiger partial charge in [0.25, 0.3) is 0 Å². The first-order chi connectivity index (χ1) is 9.06. The van der Waals surface area contributed by atoms with Crippen molar-refractivity contribution in [3.63, 3.8) is 0 Å². The van der Waals surface area contributed by atoms with E-state index in [0.29, 0.717) is 13.1 Å². The van der Waals surface area contributed by atoms with Gasteiger partial charge in [0.05, 0.1) is 6.54 Å². The predicted molar refractivity (Wildman–Crippen MR) is 79.7 cm³/mol. The third-order valence-corrected chi connectivity index (χ3v) is 3.26. The van der Waals surface area contributed by atoms with Crippen LogP contribution in [0.4, 0.5) is 5.69 Å². The van der Waals surface area contributed by atoms with Gasteiger partial charge in [-0.2, -0.15) is 0 Å². The van der Waals surface area contributed by atoms with Crippen molar-refractivity contribution in [2.24, 2.45) is 0 Å². The van der Waals surface area contributed by atoms with E-state index >= 15 is 0 Å². The highest BCUT2D eigenvalue weighted by Crippen LogP contribution is 2.12. The maximum Gasteiger partial charge on any atom is 0.234 e. The van der Waals surface area contributed by atoms with Crippen LogP contribution in [0.5, 0.6) is 0 Å². The molecule has 0 unspecified atom stereocenters. The summed E-state index contributed by atoms with van der Waals surface area (Å²) in [5.74, 6) is 0.0747. The van der Waals surface area contributed by atoms with E-state index in [1.807, 2.05) is 36.2 Å². The summed E-state index contributed by atoms with van der Waals surface area (Å²) >= 11 is 0. The number of nitrogens with one attached hydrogen (secondary N) is 1. The van der Waals surface area contributed by atoms with Crippen LogP contribution in [0.1, 0.15) is 32.3 Å². The number of hydrogen-bond donors (Lipinski definition) is 2. The molecule has 0 fully saturated rings. The molecule has 19 heavy (non-hydrogen) atoms. The number of hydrogen-bond acceptors (Lipinski definition) is 3. The fourth-order valence-corrected chi connectivity index (χ4v) is 2.04. The number of nitrogens with two attached hydrogens (primary N) is 1. The van der Waals surface area contributed by atoms with Gasteiger partial charge in [-0.15, -0.1) is 0 Å². The molecule has 1 aromatic carbocycles. The molecule has 0 spiro atoms. The largest absolute Gasteiger partial charge is 0.398 e. The Kier molecular flexibility index (Phi) is 6.36. The van der Waals surface area contributed by atoms with Crippen molar-refractivity contribution in [3.8, 4) is 0 Å². The van der Waals surface area contributed by atoms with Crippen LogP contribution in [0.15, 0.2) is 24.3 Å². The van der Waals surface area contributed by atoms with E-state index in [2.05, 4.69) is 19.2 Å². The zero-order valence-electron chi connectivity index (χ0n) is 12.1. The molecule has 0 atom stereocenters. The Morgan fingerprint density at radius 2 is 1.95 bits per heavy atom. The average Bonchev–Trinajstić information content (AvgIpc) is 2.38. The maximum absolute atomic E-state index is 11.9. The number of para-hydroxylation sites is 1. The Balaban J connectivity index is 2.45. The molecule has 1 rings (SSSR count). The minimum absolute atomic E-state index is 0.0747. The quantitative estimate of drug-likeness (QED) is 0.740. The SMILES string of the molecule is CCC(CC)NC(=O)CN(C)Cc1ccccc1N. The van der Waals surface area contributed by atoms with E-state index in [1.54, 1.807) is 0 Å². The first kappa shape index (κ1) is 15.5. The van der Waals surface area contributed by atoms with Crippen LogP contribution < -0.4 is 11.1 Å². The Bertz CT molecular complexity index is 402. The Labute approximate surface area is 116 Å². The van der Waals surface area contributed by atoms with Crippen LogP contribution in [0.2, 0.25) is 0 Å². The predicted octanol–water partition coefficient (Wildman–Crippen LogP) is 2.01. The maximum atomic E-state index is 11.9. The fourth-order valence-electron chi connectivity index (χ4n) is 2.04. The van der Waals surface area contributed by atoms with Crippen LogP contribution in [0.3, 0.4) is 0 Å². The zero-order chi connectivity index (χ0) is 14.3. The number of rotatable bonds is 7. The molecule has 3 N–H and O–H groups in total. The molecule has 0 aromatic heterocycles. The molecule has 0 aliphatic rings. The van der Waals surface area contributed by atoms with Gasteiger partial charge >= 0.3 is 0 Å². The van der Waals surface area contributed by atoms with Crippen molar-refractivity contribution in [2.75, 3.05) is 19.3 Å². The average molecular weight is 263 g/mol. The molecule has 106 valence electrons. The number of nitrogens with zero attached hydrogens (tertiary/aromatic N) is 1.